The summed E-state index contributed by atoms with van der Waals surface area (Å²) in [6.07, 6.45) is 7.04. The number of carbonyl (C=O) groups is 2. The van der Waals surface area contributed by atoms with Crippen molar-refractivity contribution in [3.05, 3.63) is 42.0 Å². The van der Waals surface area contributed by atoms with Crippen LogP contribution in [0.15, 0.2) is 41.5 Å². The molecule has 5 nitrogen and oxygen atoms in total. The van der Waals surface area contributed by atoms with Crippen molar-refractivity contribution in [1.29, 1.82) is 0 Å². The highest BCUT2D eigenvalue weighted by atomic mass is 16.5. The van der Waals surface area contributed by atoms with Crippen LogP contribution >= 0.6 is 0 Å². The first kappa shape index (κ1) is 14.0. The number of methoxy groups -OCH3 is 1. The molecule has 5 heteroatoms. The largest absolute Gasteiger partial charge is 0.496 e. The van der Waals surface area contributed by atoms with Gasteiger partial charge >= 0.3 is 0 Å². The molecule has 6 atom stereocenters. The highest BCUT2D eigenvalue weighted by Crippen LogP contribution is 2.65. The fraction of sp³-hybridized carbons (Fsp3) is 0.421. The first-order valence-electron chi connectivity index (χ1n) is 8.44. The minimum Gasteiger partial charge on any atom is -0.496 e. The number of ether oxygens (including phenoxy) is 1. The molecule has 0 unspecified atom stereocenters. The number of allylic oxidation sites excluding steroid dienone is 2. The third-order valence-corrected chi connectivity index (χ3v) is 6.09. The van der Waals surface area contributed by atoms with Gasteiger partial charge in [0.25, 0.3) is 11.8 Å². The van der Waals surface area contributed by atoms with Gasteiger partial charge in [-0.2, -0.15) is 10.1 Å². The fourth-order valence-electron chi connectivity index (χ4n) is 4.95. The van der Waals surface area contributed by atoms with Crippen LogP contribution in [0.3, 0.4) is 0 Å². The van der Waals surface area contributed by atoms with Gasteiger partial charge in [-0.15, -0.1) is 0 Å². The van der Waals surface area contributed by atoms with E-state index in [-0.39, 0.29) is 35.5 Å². The third-order valence-electron chi connectivity index (χ3n) is 6.09. The summed E-state index contributed by atoms with van der Waals surface area (Å²) in [7, 11) is 1.59. The molecular weight excluding hydrogens is 304 g/mol. The summed E-state index contributed by atoms with van der Waals surface area (Å²) < 4.78 is 5.28. The molecule has 122 valence electrons. The van der Waals surface area contributed by atoms with E-state index in [9.17, 15) is 9.59 Å². The topological polar surface area (TPSA) is 59.0 Å². The SMILES string of the molecule is COc1ccccc1/C=N\N1C(=O)[C@@H]2[C@H]3C=C[C@@H]([C@@H]4C[C@@H]34)[C@@H]2C1=O. The maximum Gasteiger partial charge on any atom is 0.254 e. The Labute approximate surface area is 140 Å². The number of nitrogens with zero attached hydrogens (tertiary/aromatic N) is 2. The highest BCUT2D eigenvalue weighted by Gasteiger charge is 2.67. The first-order chi connectivity index (χ1) is 11.7. The van der Waals surface area contributed by atoms with Crippen LogP contribution in [-0.4, -0.2) is 30.1 Å². The van der Waals surface area contributed by atoms with E-state index in [0.717, 1.165) is 10.6 Å². The van der Waals surface area contributed by atoms with Crippen LogP contribution in [-0.2, 0) is 9.59 Å². The molecule has 24 heavy (non-hydrogen) atoms. The van der Waals surface area contributed by atoms with Crippen LogP contribution in [0, 0.1) is 35.5 Å². The average molecular weight is 322 g/mol. The van der Waals surface area contributed by atoms with Gasteiger partial charge in [0.1, 0.15) is 5.75 Å². The van der Waals surface area contributed by atoms with Gasteiger partial charge in [-0.05, 0) is 42.2 Å². The Morgan fingerprint density at radius 2 is 1.71 bits per heavy atom. The number of benzene rings is 1. The Morgan fingerprint density at radius 3 is 2.33 bits per heavy atom. The molecule has 2 saturated carbocycles. The van der Waals surface area contributed by atoms with Crippen molar-refractivity contribution in [2.75, 3.05) is 7.11 Å². The van der Waals surface area contributed by atoms with Crippen LogP contribution in [0.4, 0.5) is 0 Å². The molecule has 0 aromatic heterocycles. The lowest BCUT2D eigenvalue weighted by molar-refractivity contribution is -0.140. The van der Waals surface area contributed by atoms with E-state index >= 15 is 0 Å². The predicted octanol–water partition coefficient (Wildman–Crippen LogP) is 2.08. The van der Waals surface area contributed by atoms with E-state index in [2.05, 4.69) is 17.3 Å². The maximum atomic E-state index is 12.8. The Bertz CT molecular complexity index is 764. The summed E-state index contributed by atoms with van der Waals surface area (Å²) in [4.78, 5) is 25.6. The van der Waals surface area contributed by atoms with Crippen molar-refractivity contribution in [2.45, 2.75) is 6.42 Å². The van der Waals surface area contributed by atoms with Crippen LogP contribution in [0.5, 0.6) is 5.75 Å². The van der Waals surface area contributed by atoms with Crippen LogP contribution in [0.25, 0.3) is 0 Å². The second-order valence-electron chi connectivity index (χ2n) is 7.13. The van der Waals surface area contributed by atoms with Crippen molar-refractivity contribution in [3.8, 4) is 5.75 Å². The van der Waals surface area contributed by atoms with Gasteiger partial charge in [-0.25, -0.2) is 0 Å². The van der Waals surface area contributed by atoms with Crippen LogP contribution < -0.4 is 4.74 Å². The third kappa shape index (κ3) is 1.72. The van der Waals surface area contributed by atoms with Crippen molar-refractivity contribution < 1.29 is 14.3 Å². The zero-order valence-corrected chi connectivity index (χ0v) is 13.3. The number of hydrogen-bond donors (Lipinski definition) is 0. The van der Waals surface area contributed by atoms with Gasteiger partial charge in [-0.3, -0.25) is 9.59 Å². The van der Waals surface area contributed by atoms with Crippen molar-refractivity contribution in [2.24, 2.45) is 40.6 Å². The molecule has 0 radical (unpaired) electrons. The normalized spacial score (nSPS) is 38.6. The lowest BCUT2D eigenvalue weighted by atomic mass is 9.63. The smallest absolute Gasteiger partial charge is 0.254 e. The molecule has 5 aliphatic rings. The van der Waals surface area contributed by atoms with Gasteiger partial charge in [0.15, 0.2) is 0 Å². The lowest BCUT2D eigenvalue weighted by Gasteiger charge is -2.37. The van der Waals surface area contributed by atoms with E-state index in [1.54, 1.807) is 13.3 Å². The number of rotatable bonds is 3. The van der Waals surface area contributed by atoms with Crippen molar-refractivity contribution in [3.63, 3.8) is 0 Å². The molecule has 0 N–H and O–H groups in total. The molecule has 0 spiro atoms. The van der Waals surface area contributed by atoms with E-state index in [0.29, 0.717) is 17.6 Å². The molecular formula is C19H18N2O3. The van der Waals surface area contributed by atoms with Gasteiger partial charge in [0, 0.05) is 5.56 Å². The number of hydrazone groups is 1. The van der Waals surface area contributed by atoms with E-state index < -0.39 is 0 Å². The maximum absolute atomic E-state index is 12.8. The second-order valence-corrected chi connectivity index (χ2v) is 7.13. The summed E-state index contributed by atoms with van der Waals surface area (Å²) in [6.45, 7) is 0. The summed E-state index contributed by atoms with van der Waals surface area (Å²) in [6, 6.07) is 7.41. The number of imide groups is 1. The summed E-state index contributed by atoms with van der Waals surface area (Å²) >= 11 is 0. The zero-order valence-electron chi connectivity index (χ0n) is 13.3. The summed E-state index contributed by atoms with van der Waals surface area (Å²) in [5.41, 5.74) is 0.749. The fourth-order valence-corrected chi connectivity index (χ4v) is 4.95. The molecule has 3 fully saturated rings. The molecule has 6 rings (SSSR count). The molecule has 2 amide bonds. The monoisotopic (exact) mass is 322 g/mol. The zero-order chi connectivity index (χ0) is 16.4. The standard InChI is InChI=1S/C19H18N2O3/c1-24-15-5-3-2-4-10(15)9-20-21-18(22)16-11-6-7-12(14-8-13(11)14)17(16)19(21)23/h2-7,9,11-14,16-17H,8H2,1H3/b20-9-/t11-,12-,13-,14-,16-,17+/m0/s1. The summed E-state index contributed by atoms with van der Waals surface area (Å²) in [5.74, 6) is 1.66. The minimum absolute atomic E-state index is 0.138. The first-order valence-corrected chi connectivity index (χ1v) is 8.44. The molecule has 1 saturated heterocycles. The number of amides is 2. The molecule has 4 aliphatic carbocycles. The minimum atomic E-state index is -0.203. The Morgan fingerprint density at radius 1 is 1.08 bits per heavy atom. The quantitative estimate of drug-likeness (QED) is 0.486. The van der Waals surface area contributed by atoms with Crippen molar-refractivity contribution >= 4 is 18.0 Å². The second kappa shape index (κ2) is 4.79. The van der Waals surface area contributed by atoms with Gasteiger partial charge in [-0.1, -0.05) is 24.3 Å². The molecule has 1 aliphatic heterocycles. The molecule has 2 bridgehead atoms. The number of para-hydroxylation sites is 1. The Hall–Kier alpha value is -2.43. The number of carbonyl (C=O) groups excluding carboxylic acids is 2. The summed E-state index contributed by atoms with van der Waals surface area (Å²) in [5, 5.41) is 5.32. The lowest BCUT2D eigenvalue weighted by Crippen LogP contribution is -2.40. The molecule has 1 aromatic carbocycles. The van der Waals surface area contributed by atoms with Gasteiger partial charge in [0.05, 0.1) is 25.2 Å². The highest BCUT2D eigenvalue weighted by molar-refractivity contribution is 6.06. The van der Waals surface area contributed by atoms with E-state index in [4.69, 9.17) is 4.74 Å². The van der Waals surface area contributed by atoms with Gasteiger partial charge < -0.3 is 4.74 Å². The Kier molecular flexibility index (Phi) is 2.78. The average Bonchev–Trinajstić information content (AvgIpc) is 3.39. The number of hydrogen-bond acceptors (Lipinski definition) is 4. The van der Waals surface area contributed by atoms with Crippen LogP contribution in [0.1, 0.15) is 12.0 Å². The molecule has 1 heterocycles. The van der Waals surface area contributed by atoms with Crippen LogP contribution in [0.2, 0.25) is 0 Å². The predicted molar refractivity (Wildman–Crippen MR) is 87.1 cm³/mol. The van der Waals surface area contributed by atoms with E-state index in [1.807, 2.05) is 24.3 Å². The van der Waals surface area contributed by atoms with E-state index in [1.165, 1.54) is 6.42 Å². The van der Waals surface area contributed by atoms with Crippen molar-refractivity contribution in [1.82, 2.24) is 5.01 Å². The molecule has 1 aromatic rings. The Balaban J connectivity index is 1.45. The van der Waals surface area contributed by atoms with Gasteiger partial charge in [0.2, 0.25) is 0 Å².